The molecule has 3 aromatic rings. The Morgan fingerprint density at radius 3 is 2.56 bits per heavy atom. The van der Waals surface area contributed by atoms with E-state index in [4.69, 9.17) is 5.73 Å². The summed E-state index contributed by atoms with van der Waals surface area (Å²) < 4.78 is 1.61. The highest BCUT2D eigenvalue weighted by molar-refractivity contribution is 5.99. The summed E-state index contributed by atoms with van der Waals surface area (Å²) in [5.74, 6) is 0.261. The highest BCUT2D eigenvalue weighted by Crippen LogP contribution is 2.17. The lowest BCUT2D eigenvalue weighted by molar-refractivity contribution is 0.0952. The Morgan fingerprint density at radius 1 is 1.20 bits per heavy atom. The van der Waals surface area contributed by atoms with Crippen LogP contribution in [-0.4, -0.2) is 27.0 Å². The topological polar surface area (TPSA) is 85.3 Å². The minimum absolute atomic E-state index is 0.222. The van der Waals surface area contributed by atoms with Crippen LogP contribution in [0.15, 0.2) is 42.9 Å². The highest BCUT2D eigenvalue weighted by Gasteiger charge is 2.15. The van der Waals surface area contributed by atoms with Gasteiger partial charge in [-0.15, -0.1) is 0 Å². The van der Waals surface area contributed by atoms with E-state index in [2.05, 4.69) is 41.4 Å². The second-order valence-corrected chi connectivity index (χ2v) is 6.60. The Hall–Kier alpha value is -2.73. The smallest absolute Gasteiger partial charge is 0.256 e. The van der Waals surface area contributed by atoms with E-state index in [9.17, 15) is 4.79 Å². The van der Waals surface area contributed by atoms with Gasteiger partial charge in [0.05, 0.1) is 6.20 Å². The van der Waals surface area contributed by atoms with Crippen LogP contribution in [0.5, 0.6) is 0 Å². The van der Waals surface area contributed by atoms with Gasteiger partial charge in [-0.25, -0.2) is 9.50 Å². The number of hydrogen-bond donors (Lipinski definition) is 2. The normalized spacial score (nSPS) is 12.5. The molecule has 1 amide bonds. The zero-order chi connectivity index (χ0) is 18.0. The van der Waals surface area contributed by atoms with Crippen molar-refractivity contribution in [1.29, 1.82) is 0 Å². The van der Waals surface area contributed by atoms with Gasteiger partial charge in [0.15, 0.2) is 5.65 Å². The molecule has 0 aliphatic heterocycles. The van der Waals surface area contributed by atoms with Crippen LogP contribution in [0.3, 0.4) is 0 Å². The molecular formula is C19H23N5O. The molecule has 2 aromatic heterocycles. The first-order valence-electron chi connectivity index (χ1n) is 8.39. The molecule has 6 nitrogen and oxygen atoms in total. The SMILES string of the molecule is Cc1cnc2c(C(=O)NCC(N)c3ccc(C(C)C)cc3)cnn2c1. The van der Waals surface area contributed by atoms with Crippen molar-refractivity contribution in [2.45, 2.75) is 32.7 Å². The number of hydrogen-bond acceptors (Lipinski definition) is 4. The molecule has 1 unspecified atom stereocenters. The lowest BCUT2D eigenvalue weighted by Crippen LogP contribution is -2.31. The van der Waals surface area contributed by atoms with Crippen LogP contribution in [0.25, 0.3) is 5.65 Å². The van der Waals surface area contributed by atoms with Crippen molar-refractivity contribution in [1.82, 2.24) is 19.9 Å². The molecule has 0 saturated carbocycles. The van der Waals surface area contributed by atoms with Crippen LogP contribution < -0.4 is 11.1 Å². The van der Waals surface area contributed by atoms with E-state index >= 15 is 0 Å². The van der Waals surface area contributed by atoms with Gasteiger partial charge < -0.3 is 11.1 Å². The molecule has 0 bridgehead atoms. The molecule has 0 fully saturated rings. The third-order valence-electron chi connectivity index (χ3n) is 4.24. The molecule has 6 heteroatoms. The average Bonchev–Trinajstić information content (AvgIpc) is 3.02. The fourth-order valence-electron chi connectivity index (χ4n) is 2.67. The minimum Gasteiger partial charge on any atom is -0.350 e. The average molecular weight is 337 g/mol. The summed E-state index contributed by atoms with van der Waals surface area (Å²) >= 11 is 0. The number of nitrogens with two attached hydrogens (primary N) is 1. The lowest BCUT2D eigenvalue weighted by Gasteiger charge is -2.14. The summed E-state index contributed by atoms with van der Waals surface area (Å²) in [7, 11) is 0. The van der Waals surface area contributed by atoms with Crippen LogP contribution in [-0.2, 0) is 0 Å². The van der Waals surface area contributed by atoms with Crippen LogP contribution in [0.2, 0.25) is 0 Å². The second kappa shape index (κ2) is 7.03. The Bertz CT molecular complexity index is 882. The zero-order valence-corrected chi connectivity index (χ0v) is 14.7. The van der Waals surface area contributed by atoms with Crippen LogP contribution in [0.1, 0.15) is 52.9 Å². The molecule has 0 aliphatic rings. The molecule has 130 valence electrons. The van der Waals surface area contributed by atoms with Crippen molar-refractivity contribution in [2.75, 3.05) is 6.54 Å². The number of aryl methyl sites for hydroxylation is 1. The summed E-state index contributed by atoms with van der Waals surface area (Å²) in [4.78, 5) is 16.7. The van der Waals surface area contributed by atoms with E-state index in [0.29, 0.717) is 23.7 Å². The first kappa shape index (κ1) is 17.1. The Balaban J connectivity index is 1.66. The number of nitrogens with one attached hydrogen (secondary N) is 1. The quantitative estimate of drug-likeness (QED) is 0.749. The molecule has 1 aromatic carbocycles. The third kappa shape index (κ3) is 3.69. The maximum absolute atomic E-state index is 12.4. The monoisotopic (exact) mass is 337 g/mol. The zero-order valence-electron chi connectivity index (χ0n) is 14.7. The first-order valence-corrected chi connectivity index (χ1v) is 8.39. The number of fused-ring (bicyclic) bond motifs is 1. The maximum Gasteiger partial charge on any atom is 0.256 e. The van der Waals surface area contributed by atoms with Crippen molar-refractivity contribution in [3.63, 3.8) is 0 Å². The van der Waals surface area contributed by atoms with E-state index in [0.717, 1.165) is 11.1 Å². The largest absolute Gasteiger partial charge is 0.350 e. The number of carbonyl (C=O) groups excluding carboxylic acids is 1. The van der Waals surface area contributed by atoms with Gasteiger partial charge in [-0.2, -0.15) is 5.10 Å². The van der Waals surface area contributed by atoms with Gasteiger partial charge in [0, 0.05) is 25.0 Å². The summed E-state index contributed by atoms with van der Waals surface area (Å²) in [6.45, 7) is 6.59. The molecule has 0 aliphatic carbocycles. The maximum atomic E-state index is 12.4. The first-order chi connectivity index (χ1) is 12.0. The van der Waals surface area contributed by atoms with E-state index in [1.54, 1.807) is 10.7 Å². The number of carbonyl (C=O) groups is 1. The van der Waals surface area contributed by atoms with Crippen LogP contribution in [0, 0.1) is 6.92 Å². The highest BCUT2D eigenvalue weighted by atomic mass is 16.1. The van der Waals surface area contributed by atoms with Gasteiger partial charge in [0.25, 0.3) is 5.91 Å². The van der Waals surface area contributed by atoms with Crippen molar-refractivity contribution in [2.24, 2.45) is 5.73 Å². The second-order valence-electron chi connectivity index (χ2n) is 6.60. The van der Waals surface area contributed by atoms with Crippen molar-refractivity contribution in [3.05, 3.63) is 65.1 Å². The summed E-state index contributed by atoms with van der Waals surface area (Å²) in [6.07, 6.45) is 5.08. The van der Waals surface area contributed by atoms with Gasteiger partial charge in [0.1, 0.15) is 5.56 Å². The predicted octanol–water partition coefficient (Wildman–Crippen LogP) is 2.59. The number of amides is 1. The predicted molar refractivity (Wildman–Crippen MR) is 97.5 cm³/mol. The fraction of sp³-hybridized carbons (Fsp3) is 0.316. The molecule has 0 saturated heterocycles. The molecule has 1 atom stereocenters. The number of aromatic nitrogens is 3. The molecule has 0 radical (unpaired) electrons. The molecular weight excluding hydrogens is 314 g/mol. The van der Waals surface area contributed by atoms with Crippen molar-refractivity contribution < 1.29 is 4.79 Å². The third-order valence-corrected chi connectivity index (χ3v) is 4.24. The van der Waals surface area contributed by atoms with Gasteiger partial charge in [-0.05, 0) is 29.5 Å². The molecule has 0 spiro atoms. The summed E-state index contributed by atoms with van der Waals surface area (Å²) in [6, 6.07) is 7.94. The number of benzene rings is 1. The number of nitrogens with zero attached hydrogens (tertiary/aromatic N) is 3. The Morgan fingerprint density at radius 2 is 1.88 bits per heavy atom. The van der Waals surface area contributed by atoms with Gasteiger partial charge in [-0.3, -0.25) is 4.79 Å². The van der Waals surface area contributed by atoms with E-state index in [-0.39, 0.29) is 11.9 Å². The fourth-order valence-corrected chi connectivity index (χ4v) is 2.67. The van der Waals surface area contributed by atoms with Crippen molar-refractivity contribution in [3.8, 4) is 0 Å². The summed E-state index contributed by atoms with van der Waals surface area (Å²) in [5.41, 5.74) is 10.4. The van der Waals surface area contributed by atoms with Gasteiger partial charge >= 0.3 is 0 Å². The Labute approximate surface area is 147 Å². The van der Waals surface area contributed by atoms with E-state index < -0.39 is 0 Å². The minimum atomic E-state index is -0.262. The number of rotatable bonds is 5. The van der Waals surface area contributed by atoms with Crippen LogP contribution in [0.4, 0.5) is 0 Å². The van der Waals surface area contributed by atoms with Gasteiger partial charge in [-0.1, -0.05) is 38.1 Å². The van der Waals surface area contributed by atoms with Gasteiger partial charge in [0.2, 0.25) is 0 Å². The van der Waals surface area contributed by atoms with Crippen LogP contribution >= 0.6 is 0 Å². The molecule has 3 N–H and O–H groups in total. The van der Waals surface area contributed by atoms with E-state index in [1.165, 1.54) is 11.8 Å². The van der Waals surface area contributed by atoms with Crippen molar-refractivity contribution >= 4 is 11.6 Å². The molecule has 3 rings (SSSR count). The molecule has 2 heterocycles. The Kier molecular flexibility index (Phi) is 4.81. The standard InChI is InChI=1S/C19H23N5O/c1-12(2)14-4-6-15(7-5-14)17(20)10-22-19(25)16-9-23-24-11-13(3)8-21-18(16)24/h4-9,11-12,17H,10,20H2,1-3H3,(H,22,25). The lowest BCUT2D eigenvalue weighted by atomic mass is 9.99. The summed E-state index contributed by atoms with van der Waals surface area (Å²) in [5, 5.41) is 7.04. The van der Waals surface area contributed by atoms with E-state index in [1.807, 2.05) is 25.3 Å². The molecule has 25 heavy (non-hydrogen) atoms.